The van der Waals surface area contributed by atoms with Crippen molar-refractivity contribution in [3.8, 4) is 11.1 Å². The molecule has 0 aromatic heterocycles. The standard InChI is InChI=1S/C15H10F5NO2.C5H11N/c1-23-14(22)21-12-6-5-8(16)7-10(12)9-3-2-4-11(13(9)17)15(18,19)20;1-6-4-2-3-5-6/h2-7H,1H3,(H,21,22);2-5H2,1H3. The molecule has 29 heavy (non-hydrogen) atoms. The Balaban J connectivity index is 0.000000426. The van der Waals surface area contributed by atoms with Crippen molar-refractivity contribution in [3.63, 3.8) is 0 Å². The summed E-state index contributed by atoms with van der Waals surface area (Å²) in [7, 11) is 3.25. The minimum atomic E-state index is -4.90. The van der Waals surface area contributed by atoms with Gasteiger partial charge in [-0.1, -0.05) is 12.1 Å². The summed E-state index contributed by atoms with van der Waals surface area (Å²) in [5, 5.41) is 2.20. The van der Waals surface area contributed by atoms with Crippen molar-refractivity contribution >= 4 is 11.8 Å². The smallest absolute Gasteiger partial charge is 0.419 e. The lowest BCUT2D eigenvalue weighted by Crippen LogP contribution is -2.13. The van der Waals surface area contributed by atoms with Gasteiger partial charge in [0.2, 0.25) is 0 Å². The number of nitrogens with one attached hydrogen (secondary N) is 1. The van der Waals surface area contributed by atoms with E-state index < -0.39 is 35.0 Å². The molecule has 2 aromatic rings. The number of halogens is 5. The highest BCUT2D eigenvalue weighted by Gasteiger charge is 2.35. The van der Waals surface area contributed by atoms with E-state index >= 15 is 0 Å². The minimum absolute atomic E-state index is 0.0866. The Kier molecular flexibility index (Phi) is 7.55. The Morgan fingerprint density at radius 3 is 2.24 bits per heavy atom. The number of carbonyl (C=O) groups excluding carboxylic acids is 1. The summed E-state index contributed by atoms with van der Waals surface area (Å²) in [4.78, 5) is 13.6. The molecular formula is C20H21F5N2O2. The number of likely N-dealkylation sites (tertiary alicyclic amines) is 1. The molecule has 1 heterocycles. The average Bonchev–Trinajstić information content (AvgIpc) is 3.14. The van der Waals surface area contributed by atoms with Crippen molar-refractivity contribution < 1.29 is 31.5 Å². The fourth-order valence-electron chi connectivity index (χ4n) is 2.84. The van der Waals surface area contributed by atoms with Crippen LogP contribution in [-0.4, -0.2) is 38.2 Å². The number of ether oxygens (including phenoxy) is 1. The van der Waals surface area contributed by atoms with Crippen molar-refractivity contribution in [3.05, 3.63) is 53.6 Å². The lowest BCUT2D eigenvalue weighted by Gasteiger charge is -2.14. The van der Waals surface area contributed by atoms with E-state index in [1.807, 2.05) is 0 Å². The molecule has 1 amide bonds. The largest absolute Gasteiger partial charge is 0.453 e. The first kappa shape index (κ1) is 22.6. The van der Waals surface area contributed by atoms with Crippen LogP contribution < -0.4 is 5.32 Å². The quantitative estimate of drug-likeness (QED) is 0.654. The minimum Gasteiger partial charge on any atom is -0.453 e. The second kappa shape index (κ2) is 9.69. The molecule has 0 spiro atoms. The van der Waals surface area contributed by atoms with Crippen LogP contribution in [0.2, 0.25) is 0 Å². The third-order valence-corrected chi connectivity index (χ3v) is 4.33. The van der Waals surface area contributed by atoms with E-state index in [0.717, 1.165) is 37.4 Å². The van der Waals surface area contributed by atoms with Gasteiger partial charge < -0.3 is 9.64 Å². The first-order valence-corrected chi connectivity index (χ1v) is 8.82. The molecule has 0 radical (unpaired) electrons. The van der Waals surface area contributed by atoms with E-state index in [9.17, 15) is 26.7 Å². The van der Waals surface area contributed by atoms with Crippen LogP contribution in [0.1, 0.15) is 18.4 Å². The SMILES string of the molecule is CN1CCCC1.COC(=O)Nc1ccc(F)cc1-c1cccc(C(F)(F)F)c1F. The van der Waals surface area contributed by atoms with Crippen LogP contribution in [0.15, 0.2) is 36.4 Å². The van der Waals surface area contributed by atoms with E-state index in [4.69, 9.17) is 0 Å². The van der Waals surface area contributed by atoms with Gasteiger partial charge in [0, 0.05) is 11.1 Å². The number of hydrogen-bond acceptors (Lipinski definition) is 3. The topological polar surface area (TPSA) is 41.6 Å². The van der Waals surface area contributed by atoms with Crippen LogP contribution in [0.3, 0.4) is 0 Å². The summed E-state index contributed by atoms with van der Waals surface area (Å²) in [6.07, 6.45) is -3.00. The molecule has 0 unspecified atom stereocenters. The normalized spacial score (nSPS) is 14.2. The number of alkyl halides is 3. The van der Waals surface area contributed by atoms with Crippen LogP contribution in [-0.2, 0) is 10.9 Å². The zero-order valence-electron chi connectivity index (χ0n) is 15.9. The van der Waals surface area contributed by atoms with Gasteiger partial charge in [0.05, 0.1) is 18.4 Å². The monoisotopic (exact) mass is 416 g/mol. The van der Waals surface area contributed by atoms with Crippen molar-refractivity contribution in [2.75, 3.05) is 32.6 Å². The maximum Gasteiger partial charge on any atom is 0.419 e. The Morgan fingerprint density at radius 1 is 1.07 bits per heavy atom. The lowest BCUT2D eigenvalue weighted by molar-refractivity contribution is -0.139. The lowest BCUT2D eigenvalue weighted by atomic mass is 10.00. The van der Waals surface area contributed by atoms with Gasteiger partial charge in [-0.2, -0.15) is 13.2 Å². The number of methoxy groups -OCH3 is 1. The third-order valence-electron chi connectivity index (χ3n) is 4.33. The number of amides is 1. The third kappa shape index (κ3) is 6.15. The predicted octanol–water partition coefficient (Wildman–Crippen LogP) is 5.54. The first-order chi connectivity index (χ1) is 13.6. The summed E-state index contributed by atoms with van der Waals surface area (Å²) in [5.74, 6) is -2.36. The molecule has 1 saturated heterocycles. The maximum atomic E-state index is 14.2. The van der Waals surface area contributed by atoms with E-state index in [0.29, 0.717) is 6.07 Å². The molecule has 1 N–H and O–H groups in total. The molecule has 0 saturated carbocycles. The van der Waals surface area contributed by atoms with Gasteiger partial charge in [-0.3, -0.25) is 5.32 Å². The van der Waals surface area contributed by atoms with Gasteiger partial charge in [-0.15, -0.1) is 0 Å². The van der Waals surface area contributed by atoms with E-state index in [2.05, 4.69) is 22.0 Å². The van der Waals surface area contributed by atoms with Gasteiger partial charge in [0.15, 0.2) is 0 Å². The summed E-state index contributed by atoms with van der Waals surface area (Å²) in [5.41, 5.74) is -2.30. The van der Waals surface area contributed by atoms with Gasteiger partial charge in [-0.05, 0) is 57.2 Å². The fraction of sp³-hybridized carbons (Fsp3) is 0.350. The van der Waals surface area contributed by atoms with Crippen LogP contribution >= 0.6 is 0 Å². The zero-order chi connectivity index (χ0) is 21.6. The first-order valence-electron chi connectivity index (χ1n) is 8.82. The Morgan fingerprint density at radius 2 is 1.72 bits per heavy atom. The average molecular weight is 416 g/mol. The number of anilines is 1. The predicted molar refractivity (Wildman–Crippen MR) is 99.6 cm³/mol. The summed E-state index contributed by atoms with van der Waals surface area (Å²) < 4.78 is 70.3. The van der Waals surface area contributed by atoms with Gasteiger partial charge in [-0.25, -0.2) is 13.6 Å². The Bertz CT molecular complexity index is 849. The zero-order valence-corrected chi connectivity index (χ0v) is 15.9. The molecule has 4 nitrogen and oxygen atoms in total. The summed E-state index contributed by atoms with van der Waals surface area (Å²) in [6.45, 7) is 2.64. The van der Waals surface area contributed by atoms with E-state index in [1.54, 1.807) is 0 Å². The molecule has 0 bridgehead atoms. The molecule has 0 atom stereocenters. The highest BCUT2D eigenvalue weighted by Crippen LogP contribution is 2.38. The van der Waals surface area contributed by atoms with Crippen LogP contribution in [0, 0.1) is 11.6 Å². The maximum absolute atomic E-state index is 14.2. The Labute approximate surface area is 165 Å². The molecule has 3 rings (SSSR count). The van der Waals surface area contributed by atoms with Crippen LogP contribution in [0.5, 0.6) is 0 Å². The molecule has 1 aliphatic heterocycles. The molecule has 9 heteroatoms. The molecule has 1 aliphatic rings. The van der Waals surface area contributed by atoms with Gasteiger partial charge in [0.25, 0.3) is 0 Å². The Hall–Kier alpha value is -2.68. The number of carbonyl (C=O) groups is 1. The molecular weight excluding hydrogens is 395 g/mol. The summed E-state index contributed by atoms with van der Waals surface area (Å²) >= 11 is 0. The van der Waals surface area contributed by atoms with Gasteiger partial charge >= 0.3 is 12.3 Å². The van der Waals surface area contributed by atoms with Crippen molar-refractivity contribution in [2.24, 2.45) is 0 Å². The molecule has 0 aliphatic carbocycles. The highest BCUT2D eigenvalue weighted by atomic mass is 19.4. The highest BCUT2D eigenvalue weighted by molar-refractivity contribution is 5.91. The molecule has 2 aromatic carbocycles. The second-order valence-corrected chi connectivity index (χ2v) is 6.48. The summed E-state index contributed by atoms with van der Waals surface area (Å²) in [6, 6.07) is 5.52. The van der Waals surface area contributed by atoms with Crippen molar-refractivity contribution in [2.45, 2.75) is 19.0 Å². The fourth-order valence-corrected chi connectivity index (χ4v) is 2.84. The molecule has 158 valence electrons. The molecule has 1 fully saturated rings. The van der Waals surface area contributed by atoms with Crippen LogP contribution in [0.25, 0.3) is 11.1 Å². The number of rotatable bonds is 2. The van der Waals surface area contributed by atoms with E-state index in [1.165, 1.54) is 25.9 Å². The van der Waals surface area contributed by atoms with Crippen LogP contribution in [0.4, 0.5) is 32.4 Å². The number of hydrogen-bond donors (Lipinski definition) is 1. The van der Waals surface area contributed by atoms with Gasteiger partial charge in [0.1, 0.15) is 11.6 Å². The number of nitrogens with zero attached hydrogens (tertiary/aromatic N) is 1. The van der Waals surface area contributed by atoms with Crippen molar-refractivity contribution in [1.82, 2.24) is 4.90 Å². The van der Waals surface area contributed by atoms with Crippen molar-refractivity contribution in [1.29, 1.82) is 0 Å². The number of benzene rings is 2. The van der Waals surface area contributed by atoms with E-state index in [-0.39, 0.29) is 11.3 Å². The second-order valence-electron chi connectivity index (χ2n) is 6.48.